The van der Waals surface area contributed by atoms with Gasteiger partial charge in [0.15, 0.2) is 5.96 Å². The highest BCUT2D eigenvalue weighted by atomic mass is 32.1. The van der Waals surface area contributed by atoms with Crippen molar-refractivity contribution in [2.24, 2.45) is 45.5 Å². The van der Waals surface area contributed by atoms with Gasteiger partial charge in [0, 0.05) is 10.8 Å². The van der Waals surface area contributed by atoms with Gasteiger partial charge in [-0.05, 0) is 43.9 Å². The fourth-order valence-electron chi connectivity index (χ4n) is 6.58. The number of nitrogens with two attached hydrogens (primary N) is 2. The lowest BCUT2D eigenvalue weighted by Crippen LogP contribution is -2.67. The molecule has 0 radical (unpaired) electrons. The maximum atomic E-state index is 13.1. The molecule has 2 heterocycles. The highest BCUT2D eigenvalue weighted by molar-refractivity contribution is 7.15. The SMILES string of the molecule is C=C1OC2C1CCC(C)C2(C(C)=O)C(O)C(O)C1C(C)Cc2sc(N=C(N)N)nc2C1C. The van der Waals surface area contributed by atoms with Crippen LogP contribution >= 0.6 is 11.3 Å². The van der Waals surface area contributed by atoms with Crippen LogP contribution in [0.25, 0.3) is 0 Å². The van der Waals surface area contributed by atoms with E-state index in [0.717, 1.165) is 23.4 Å². The van der Waals surface area contributed by atoms with Gasteiger partial charge in [-0.1, -0.05) is 38.7 Å². The summed E-state index contributed by atoms with van der Waals surface area (Å²) < 4.78 is 5.86. The Bertz CT molecular complexity index is 958. The summed E-state index contributed by atoms with van der Waals surface area (Å²) in [5, 5.41) is 23.7. The van der Waals surface area contributed by atoms with Gasteiger partial charge in [-0.3, -0.25) is 4.79 Å². The van der Waals surface area contributed by atoms with E-state index in [-0.39, 0.29) is 41.3 Å². The molecule has 2 fully saturated rings. The van der Waals surface area contributed by atoms with Crippen LogP contribution < -0.4 is 11.5 Å². The molecule has 8 nitrogen and oxygen atoms in total. The Morgan fingerprint density at radius 3 is 2.59 bits per heavy atom. The van der Waals surface area contributed by atoms with E-state index in [9.17, 15) is 15.0 Å². The highest BCUT2D eigenvalue weighted by Gasteiger charge is 2.65. The van der Waals surface area contributed by atoms with Gasteiger partial charge in [0.2, 0.25) is 5.13 Å². The fraction of sp³-hybridized carbons (Fsp3) is 0.696. The second-order valence-corrected chi connectivity index (χ2v) is 11.0. The molecule has 176 valence electrons. The van der Waals surface area contributed by atoms with Gasteiger partial charge < -0.3 is 26.4 Å². The Labute approximate surface area is 192 Å². The van der Waals surface area contributed by atoms with Crippen LogP contribution in [0.15, 0.2) is 17.3 Å². The van der Waals surface area contributed by atoms with Crippen molar-refractivity contribution in [3.05, 3.63) is 22.9 Å². The minimum atomic E-state index is -1.25. The number of guanidine groups is 1. The highest BCUT2D eigenvalue weighted by Crippen LogP contribution is 2.57. The molecule has 3 aliphatic rings. The van der Waals surface area contributed by atoms with Crippen LogP contribution in [0.2, 0.25) is 0 Å². The topological polar surface area (TPSA) is 144 Å². The van der Waals surface area contributed by atoms with Gasteiger partial charge >= 0.3 is 0 Å². The molecule has 1 aliphatic heterocycles. The number of carbonyl (C=O) groups excluding carboxylic acids is 1. The Kier molecular flexibility index (Phi) is 5.88. The molecule has 9 heteroatoms. The van der Waals surface area contributed by atoms with Crippen LogP contribution in [0.3, 0.4) is 0 Å². The number of aliphatic hydroxyl groups is 2. The molecule has 0 spiro atoms. The molecular weight excluding hydrogens is 428 g/mol. The summed E-state index contributed by atoms with van der Waals surface area (Å²) in [5.41, 5.74) is 10.7. The number of nitrogens with zero attached hydrogens (tertiary/aromatic N) is 2. The van der Waals surface area contributed by atoms with Gasteiger partial charge in [0.1, 0.15) is 11.9 Å². The largest absolute Gasteiger partial charge is 0.493 e. The summed E-state index contributed by atoms with van der Waals surface area (Å²) in [6.45, 7) is 11.5. The second-order valence-electron chi connectivity index (χ2n) is 9.90. The number of aliphatic hydroxyl groups excluding tert-OH is 2. The molecule has 2 aliphatic carbocycles. The number of ether oxygens (including phenoxy) is 1. The summed E-state index contributed by atoms with van der Waals surface area (Å²) in [6.07, 6.45) is -0.436. The monoisotopic (exact) mass is 462 g/mol. The molecule has 1 aromatic rings. The van der Waals surface area contributed by atoms with E-state index in [1.165, 1.54) is 18.3 Å². The summed E-state index contributed by atoms with van der Waals surface area (Å²) in [4.78, 5) is 22.9. The maximum Gasteiger partial charge on any atom is 0.212 e. The van der Waals surface area contributed by atoms with E-state index in [0.29, 0.717) is 17.3 Å². The number of aliphatic imine (C=N–C) groups is 1. The second kappa shape index (κ2) is 8.11. The van der Waals surface area contributed by atoms with E-state index in [4.69, 9.17) is 16.2 Å². The molecule has 0 bridgehead atoms. The average molecular weight is 463 g/mol. The smallest absolute Gasteiger partial charge is 0.212 e. The average Bonchev–Trinajstić information content (AvgIpc) is 3.08. The van der Waals surface area contributed by atoms with Crippen molar-refractivity contribution in [1.29, 1.82) is 0 Å². The molecule has 1 saturated carbocycles. The number of carbonyl (C=O) groups is 1. The van der Waals surface area contributed by atoms with Crippen molar-refractivity contribution in [1.82, 2.24) is 4.98 Å². The van der Waals surface area contributed by atoms with Gasteiger partial charge in [-0.2, -0.15) is 4.99 Å². The Hall–Kier alpha value is -1.97. The zero-order valence-electron chi connectivity index (χ0n) is 19.1. The van der Waals surface area contributed by atoms with Crippen LogP contribution in [0.5, 0.6) is 0 Å². The molecule has 0 amide bonds. The van der Waals surface area contributed by atoms with E-state index in [1.807, 2.05) is 13.8 Å². The number of fused-ring (bicyclic) bond motifs is 2. The van der Waals surface area contributed by atoms with Crippen molar-refractivity contribution in [2.45, 2.75) is 71.2 Å². The van der Waals surface area contributed by atoms with Crippen LogP contribution in [0, 0.1) is 29.1 Å². The third-order valence-corrected chi connectivity index (χ3v) is 9.17. The number of hydrogen-bond acceptors (Lipinski definition) is 7. The van der Waals surface area contributed by atoms with Crippen molar-refractivity contribution in [3.63, 3.8) is 0 Å². The molecule has 4 rings (SSSR count). The van der Waals surface area contributed by atoms with E-state index in [1.54, 1.807) is 0 Å². The maximum absolute atomic E-state index is 13.1. The van der Waals surface area contributed by atoms with Gasteiger partial charge in [0.25, 0.3) is 0 Å². The van der Waals surface area contributed by atoms with Crippen molar-refractivity contribution < 1.29 is 19.7 Å². The summed E-state index contributed by atoms with van der Waals surface area (Å²) in [7, 11) is 0. The fourth-order valence-corrected chi connectivity index (χ4v) is 7.77. The molecule has 9 unspecified atom stereocenters. The van der Waals surface area contributed by atoms with Crippen LogP contribution in [-0.2, 0) is 16.0 Å². The van der Waals surface area contributed by atoms with Crippen LogP contribution in [0.4, 0.5) is 5.13 Å². The quantitative estimate of drug-likeness (QED) is 0.388. The van der Waals surface area contributed by atoms with Crippen LogP contribution in [0.1, 0.15) is 57.0 Å². The van der Waals surface area contributed by atoms with E-state index in [2.05, 4.69) is 23.5 Å². The molecule has 0 aromatic carbocycles. The number of Topliss-reactive ketones (excluding diaryl/α,β-unsaturated/α-hetero) is 1. The Morgan fingerprint density at radius 1 is 1.31 bits per heavy atom. The summed E-state index contributed by atoms with van der Waals surface area (Å²) >= 11 is 1.45. The molecule has 32 heavy (non-hydrogen) atoms. The first-order chi connectivity index (χ1) is 15.0. The first kappa shape index (κ1) is 23.2. The molecule has 1 saturated heterocycles. The number of thiazole rings is 1. The molecule has 6 N–H and O–H groups in total. The summed E-state index contributed by atoms with van der Waals surface area (Å²) in [5.74, 6) is 0.0854. The van der Waals surface area contributed by atoms with Crippen molar-refractivity contribution in [3.8, 4) is 0 Å². The Morgan fingerprint density at radius 2 is 2.00 bits per heavy atom. The minimum absolute atomic E-state index is 0.0462. The van der Waals surface area contributed by atoms with E-state index < -0.39 is 23.7 Å². The van der Waals surface area contributed by atoms with Gasteiger partial charge in [-0.25, -0.2) is 4.98 Å². The zero-order chi connectivity index (χ0) is 23.5. The van der Waals surface area contributed by atoms with Crippen molar-refractivity contribution in [2.75, 3.05) is 0 Å². The zero-order valence-corrected chi connectivity index (χ0v) is 19.9. The number of ketones is 1. The van der Waals surface area contributed by atoms with Crippen molar-refractivity contribution >= 4 is 28.2 Å². The minimum Gasteiger partial charge on any atom is -0.493 e. The number of aromatic nitrogens is 1. The van der Waals surface area contributed by atoms with Gasteiger partial charge in [0.05, 0.1) is 35.0 Å². The summed E-state index contributed by atoms with van der Waals surface area (Å²) in [6, 6.07) is 0. The lowest BCUT2D eigenvalue weighted by Gasteiger charge is -2.59. The number of rotatable bonds is 5. The third kappa shape index (κ3) is 3.28. The lowest BCUT2D eigenvalue weighted by molar-refractivity contribution is -0.227. The first-order valence-corrected chi connectivity index (χ1v) is 12.1. The lowest BCUT2D eigenvalue weighted by atomic mass is 9.53. The first-order valence-electron chi connectivity index (χ1n) is 11.3. The standard InChI is InChI=1S/C23H34N4O4S/c1-9-8-15-17(26-22(32-15)27-21(24)25)11(3)16(9)18(29)19(30)23(13(5)28)10(2)6-7-14-12(4)31-20(14)23/h9-11,14,16,18-20,29-30H,4,6-8H2,1-3,5H3,(H4,24,25,26,27). The molecular formula is C23H34N4O4S. The van der Waals surface area contributed by atoms with Crippen LogP contribution in [-0.4, -0.2) is 45.3 Å². The number of hydrogen-bond donors (Lipinski definition) is 4. The third-order valence-electron chi connectivity index (χ3n) is 8.19. The predicted octanol–water partition coefficient (Wildman–Crippen LogP) is 2.22. The molecule has 1 aromatic heterocycles. The predicted molar refractivity (Wildman–Crippen MR) is 123 cm³/mol. The molecule has 9 atom stereocenters. The normalized spacial score (nSPS) is 37.9. The van der Waals surface area contributed by atoms with E-state index >= 15 is 0 Å². The Balaban J connectivity index is 1.67. The van der Waals surface area contributed by atoms with Gasteiger partial charge in [-0.15, -0.1) is 0 Å².